The van der Waals surface area contributed by atoms with E-state index in [0.29, 0.717) is 6.04 Å². The van der Waals surface area contributed by atoms with Gasteiger partial charge in [0.25, 0.3) is 0 Å². The predicted molar refractivity (Wildman–Crippen MR) is 93.9 cm³/mol. The fraction of sp³-hybridized carbons (Fsp3) is 0.579. The molecule has 0 aliphatic carbocycles. The van der Waals surface area contributed by atoms with Gasteiger partial charge in [-0.25, -0.2) is 9.97 Å². The van der Waals surface area contributed by atoms with Crippen LogP contribution < -0.4 is 0 Å². The van der Waals surface area contributed by atoms with Crippen LogP contribution in [-0.4, -0.2) is 51.8 Å². The molecule has 0 atom stereocenters. The number of aromatic nitrogens is 3. The Bertz CT molecular complexity index is 670. The monoisotopic (exact) mass is 326 g/mol. The Morgan fingerprint density at radius 1 is 1.04 bits per heavy atom. The number of pyridine rings is 1. The van der Waals surface area contributed by atoms with Crippen molar-refractivity contribution in [2.75, 3.05) is 26.3 Å². The molecule has 0 N–H and O–H groups in total. The van der Waals surface area contributed by atoms with Crippen LogP contribution in [0.5, 0.6) is 0 Å². The molecule has 0 unspecified atom stereocenters. The zero-order valence-electron chi connectivity index (χ0n) is 14.4. The molecule has 0 saturated carbocycles. The van der Waals surface area contributed by atoms with Crippen LogP contribution >= 0.6 is 0 Å². The molecule has 24 heavy (non-hydrogen) atoms. The van der Waals surface area contributed by atoms with Gasteiger partial charge in [-0.05, 0) is 44.7 Å². The van der Waals surface area contributed by atoms with Crippen LogP contribution in [0.15, 0.2) is 30.6 Å². The molecule has 4 heterocycles. The maximum absolute atomic E-state index is 5.50. The standard InChI is InChI=1S/C19H26N4O/c1-15-3-2-4-18(21-15)19-20-9-12-23(19)17-5-10-22(11-6-17)16-7-13-24-14-8-16/h2-4,9,12,16-17H,5-8,10-11,13-14H2,1H3. The van der Waals surface area contributed by atoms with Gasteiger partial charge in [0.1, 0.15) is 5.69 Å². The van der Waals surface area contributed by atoms with E-state index < -0.39 is 0 Å². The fourth-order valence-corrected chi connectivity index (χ4v) is 4.05. The summed E-state index contributed by atoms with van der Waals surface area (Å²) < 4.78 is 7.84. The molecule has 128 valence electrons. The summed E-state index contributed by atoms with van der Waals surface area (Å²) >= 11 is 0. The number of likely N-dealkylation sites (tertiary alicyclic amines) is 1. The highest BCUT2D eigenvalue weighted by atomic mass is 16.5. The van der Waals surface area contributed by atoms with Gasteiger partial charge in [-0.1, -0.05) is 6.07 Å². The molecule has 0 radical (unpaired) electrons. The lowest BCUT2D eigenvalue weighted by Crippen LogP contribution is -2.44. The van der Waals surface area contributed by atoms with E-state index in [1.165, 1.54) is 38.8 Å². The van der Waals surface area contributed by atoms with Crippen molar-refractivity contribution >= 4 is 0 Å². The molecule has 0 aromatic carbocycles. The minimum absolute atomic E-state index is 0.529. The van der Waals surface area contributed by atoms with Crippen molar-refractivity contribution in [3.05, 3.63) is 36.3 Å². The van der Waals surface area contributed by atoms with Gasteiger partial charge in [0, 0.05) is 56.5 Å². The van der Waals surface area contributed by atoms with Gasteiger partial charge in [-0.2, -0.15) is 0 Å². The Morgan fingerprint density at radius 3 is 2.58 bits per heavy atom. The molecule has 2 saturated heterocycles. The molecule has 2 aromatic rings. The van der Waals surface area contributed by atoms with Crippen molar-refractivity contribution < 1.29 is 4.74 Å². The highest BCUT2D eigenvalue weighted by Crippen LogP contribution is 2.29. The van der Waals surface area contributed by atoms with Crippen molar-refractivity contribution in [1.29, 1.82) is 0 Å². The largest absolute Gasteiger partial charge is 0.381 e. The minimum Gasteiger partial charge on any atom is -0.381 e. The highest BCUT2D eigenvalue weighted by Gasteiger charge is 2.28. The van der Waals surface area contributed by atoms with Crippen molar-refractivity contribution in [3.63, 3.8) is 0 Å². The lowest BCUT2D eigenvalue weighted by Gasteiger charge is -2.39. The molecular weight excluding hydrogens is 300 g/mol. The first-order valence-corrected chi connectivity index (χ1v) is 9.10. The Morgan fingerprint density at radius 2 is 1.83 bits per heavy atom. The van der Waals surface area contributed by atoms with E-state index in [9.17, 15) is 0 Å². The van der Waals surface area contributed by atoms with Crippen molar-refractivity contribution in [3.8, 4) is 11.5 Å². The van der Waals surface area contributed by atoms with E-state index in [4.69, 9.17) is 4.74 Å². The molecule has 2 fully saturated rings. The molecule has 0 bridgehead atoms. The van der Waals surface area contributed by atoms with Crippen LogP contribution in [0.25, 0.3) is 11.5 Å². The van der Waals surface area contributed by atoms with E-state index in [0.717, 1.165) is 36.5 Å². The van der Waals surface area contributed by atoms with Crippen molar-refractivity contribution in [2.45, 2.75) is 44.7 Å². The average molecular weight is 326 g/mol. The number of piperidine rings is 1. The first kappa shape index (κ1) is 15.8. The van der Waals surface area contributed by atoms with Gasteiger partial charge in [0.2, 0.25) is 0 Å². The van der Waals surface area contributed by atoms with Crippen LogP contribution in [0.2, 0.25) is 0 Å². The van der Waals surface area contributed by atoms with Gasteiger partial charge in [0.05, 0.1) is 0 Å². The molecule has 5 nitrogen and oxygen atoms in total. The van der Waals surface area contributed by atoms with E-state index in [1.807, 2.05) is 19.2 Å². The maximum Gasteiger partial charge on any atom is 0.158 e. The number of nitrogens with zero attached hydrogens (tertiary/aromatic N) is 4. The number of hydrogen-bond acceptors (Lipinski definition) is 4. The third-order valence-electron chi connectivity index (χ3n) is 5.39. The molecule has 0 amide bonds. The van der Waals surface area contributed by atoms with E-state index in [-0.39, 0.29) is 0 Å². The molecular formula is C19H26N4O. The lowest BCUT2D eigenvalue weighted by atomic mass is 9.99. The Balaban J connectivity index is 1.46. The number of ether oxygens (including phenoxy) is 1. The Hall–Kier alpha value is -1.72. The number of hydrogen-bond donors (Lipinski definition) is 0. The normalized spacial score (nSPS) is 21.2. The van der Waals surface area contributed by atoms with Crippen molar-refractivity contribution in [2.24, 2.45) is 0 Å². The molecule has 2 aliphatic heterocycles. The van der Waals surface area contributed by atoms with Crippen LogP contribution in [0.3, 0.4) is 0 Å². The second-order valence-corrected chi connectivity index (χ2v) is 6.93. The second kappa shape index (κ2) is 7.03. The first-order valence-electron chi connectivity index (χ1n) is 9.10. The lowest BCUT2D eigenvalue weighted by molar-refractivity contribution is 0.0220. The van der Waals surface area contributed by atoms with Crippen LogP contribution in [0.1, 0.15) is 37.4 Å². The zero-order chi connectivity index (χ0) is 16.4. The summed E-state index contributed by atoms with van der Waals surface area (Å²) in [5.74, 6) is 1.00. The SMILES string of the molecule is Cc1cccc(-c2nccn2C2CCN(C3CCOCC3)CC2)n1. The third kappa shape index (κ3) is 3.23. The number of imidazole rings is 1. The summed E-state index contributed by atoms with van der Waals surface area (Å²) in [7, 11) is 0. The summed E-state index contributed by atoms with van der Waals surface area (Å²) in [6.07, 6.45) is 8.78. The smallest absolute Gasteiger partial charge is 0.158 e. The third-order valence-corrected chi connectivity index (χ3v) is 5.39. The van der Waals surface area contributed by atoms with E-state index >= 15 is 0 Å². The highest BCUT2D eigenvalue weighted by molar-refractivity contribution is 5.50. The van der Waals surface area contributed by atoms with Crippen LogP contribution in [0, 0.1) is 6.92 Å². The molecule has 0 spiro atoms. The second-order valence-electron chi connectivity index (χ2n) is 6.93. The van der Waals surface area contributed by atoms with Gasteiger partial charge < -0.3 is 14.2 Å². The van der Waals surface area contributed by atoms with Gasteiger partial charge >= 0.3 is 0 Å². The molecule has 2 aliphatic rings. The summed E-state index contributed by atoms with van der Waals surface area (Å²) in [5.41, 5.74) is 2.02. The topological polar surface area (TPSA) is 43.2 Å². The maximum atomic E-state index is 5.50. The minimum atomic E-state index is 0.529. The van der Waals surface area contributed by atoms with E-state index in [1.54, 1.807) is 0 Å². The van der Waals surface area contributed by atoms with E-state index in [2.05, 4.69) is 37.8 Å². The number of aryl methyl sites for hydroxylation is 1. The quantitative estimate of drug-likeness (QED) is 0.869. The molecule has 4 rings (SSSR count). The number of rotatable bonds is 3. The van der Waals surface area contributed by atoms with Gasteiger partial charge in [-0.3, -0.25) is 0 Å². The Kier molecular flexibility index (Phi) is 4.63. The van der Waals surface area contributed by atoms with Crippen molar-refractivity contribution in [1.82, 2.24) is 19.4 Å². The molecule has 2 aromatic heterocycles. The Labute approximate surface area is 143 Å². The van der Waals surface area contributed by atoms with Crippen LogP contribution in [0.4, 0.5) is 0 Å². The first-order chi connectivity index (χ1) is 11.8. The van der Waals surface area contributed by atoms with Gasteiger partial charge in [0.15, 0.2) is 5.82 Å². The van der Waals surface area contributed by atoms with Gasteiger partial charge in [-0.15, -0.1) is 0 Å². The van der Waals surface area contributed by atoms with Crippen LogP contribution in [-0.2, 0) is 4.74 Å². The molecule has 5 heteroatoms. The zero-order valence-corrected chi connectivity index (χ0v) is 14.4. The predicted octanol–water partition coefficient (Wildman–Crippen LogP) is 3.07. The summed E-state index contributed by atoms with van der Waals surface area (Å²) in [6.45, 7) is 6.23. The fourth-order valence-electron chi connectivity index (χ4n) is 4.05. The average Bonchev–Trinajstić information content (AvgIpc) is 3.12. The summed E-state index contributed by atoms with van der Waals surface area (Å²) in [4.78, 5) is 11.9. The summed E-state index contributed by atoms with van der Waals surface area (Å²) in [6, 6.07) is 7.40. The summed E-state index contributed by atoms with van der Waals surface area (Å²) in [5, 5.41) is 0.